The van der Waals surface area contributed by atoms with E-state index in [0.29, 0.717) is 15.9 Å². The second-order valence-corrected chi connectivity index (χ2v) is 5.01. The number of benzene rings is 1. The molecule has 4 N–H and O–H groups in total. The predicted octanol–water partition coefficient (Wildman–Crippen LogP) is 2.72. The first-order chi connectivity index (χ1) is 9.40. The molecule has 2 aromatic heterocycles. The molecule has 8 heteroatoms. The van der Waals surface area contributed by atoms with Gasteiger partial charge in [-0.1, -0.05) is 23.2 Å². The van der Waals surface area contributed by atoms with E-state index in [1.165, 1.54) is 6.07 Å². The van der Waals surface area contributed by atoms with Crippen molar-refractivity contribution < 1.29 is 15.0 Å². The fourth-order valence-corrected chi connectivity index (χ4v) is 2.75. The minimum absolute atomic E-state index is 0.0844. The highest BCUT2D eigenvalue weighted by Gasteiger charge is 2.21. The van der Waals surface area contributed by atoms with E-state index in [-0.39, 0.29) is 16.1 Å². The zero-order chi connectivity index (χ0) is 14.6. The third-order valence-electron chi connectivity index (χ3n) is 2.97. The number of nitrogens with one attached hydrogen (secondary N) is 2. The molecule has 3 aromatic rings. The van der Waals surface area contributed by atoms with Crippen LogP contribution in [0.3, 0.4) is 0 Å². The highest BCUT2D eigenvalue weighted by molar-refractivity contribution is 6.40. The Bertz CT molecular complexity index is 942. The van der Waals surface area contributed by atoms with Gasteiger partial charge in [-0.15, -0.1) is 0 Å². The largest absolute Gasteiger partial charge is 0.505 e. The summed E-state index contributed by atoms with van der Waals surface area (Å²) in [7, 11) is 0. The van der Waals surface area contributed by atoms with Crippen molar-refractivity contribution in [2.75, 3.05) is 0 Å². The van der Waals surface area contributed by atoms with Gasteiger partial charge in [-0.3, -0.25) is 4.79 Å². The number of rotatable bonds is 1. The third kappa shape index (κ3) is 1.65. The van der Waals surface area contributed by atoms with Crippen LogP contribution in [0.25, 0.3) is 21.9 Å². The Balaban J connectivity index is 2.59. The number of hydrogen-bond acceptors (Lipinski definition) is 3. The number of aromatic amines is 2. The number of carboxylic acids is 1. The molecule has 0 amide bonds. The van der Waals surface area contributed by atoms with Crippen molar-refractivity contribution in [3.8, 4) is 5.75 Å². The van der Waals surface area contributed by atoms with E-state index in [2.05, 4.69) is 9.97 Å². The zero-order valence-electron chi connectivity index (χ0n) is 9.62. The fourth-order valence-electron chi connectivity index (χ4n) is 2.16. The van der Waals surface area contributed by atoms with E-state index in [0.717, 1.165) is 0 Å². The van der Waals surface area contributed by atoms with E-state index < -0.39 is 22.8 Å². The summed E-state index contributed by atoms with van der Waals surface area (Å²) >= 11 is 11.9. The molecular formula is C12H6Cl2N2O4. The first-order valence-corrected chi connectivity index (χ1v) is 6.14. The summed E-state index contributed by atoms with van der Waals surface area (Å²) < 4.78 is 0. The molecule has 0 unspecified atom stereocenters. The number of carboxylic acid groups (broad SMARTS) is 1. The number of pyridine rings is 1. The third-order valence-corrected chi connectivity index (χ3v) is 3.48. The lowest BCUT2D eigenvalue weighted by atomic mass is 10.2. The normalized spacial score (nSPS) is 11.3. The lowest BCUT2D eigenvalue weighted by Gasteiger charge is -2.00. The maximum absolute atomic E-state index is 11.7. The van der Waals surface area contributed by atoms with Gasteiger partial charge in [0.1, 0.15) is 5.52 Å². The van der Waals surface area contributed by atoms with Gasteiger partial charge in [0.2, 0.25) is 0 Å². The maximum Gasteiger partial charge on any atom is 0.345 e. The molecule has 3 rings (SSSR count). The standard InChI is InChI=1S/C12H6Cl2N2O4/c13-3-1-4(14)6-5(2-3)15-9-8(6)16-11(18)7(10(9)17)12(19)20/h1-2,15H,(H,19,20)(H2,16,17,18). The zero-order valence-corrected chi connectivity index (χ0v) is 11.1. The molecule has 0 aliphatic heterocycles. The van der Waals surface area contributed by atoms with Crippen LogP contribution in [0.2, 0.25) is 10.0 Å². The fraction of sp³-hybridized carbons (Fsp3) is 0. The summed E-state index contributed by atoms with van der Waals surface area (Å²) in [6.45, 7) is 0. The van der Waals surface area contributed by atoms with Crippen LogP contribution in [0.5, 0.6) is 5.75 Å². The average Bonchev–Trinajstić information content (AvgIpc) is 2.67. The molecule has 20 heavy (non-hydrogen) atoms. The van der Waals surface area contributed by atoms with Gasteiger partial charge in [-0.2, -0.15) is 0 Å². The Morgan fingerprint density at radius 1 is 1.15 bits per heavy atom. The van der Waals surface area contributed by atoms with E-state index >= 15 is 0 Å². The second-order valence-electron chi connectivity index (χ2n) is 4.17. The summed E-state index contributed by atoms with van der Waals surface area (Å²) in [4.78, 5) is 27.9. The Hall–Kier alpha value is -2.18. The number of fused-ring (bicyclic) bond motifs is 3. The van der Waals surface area contributed by atoms with Crippen LogP contribution in [0.4, 0.5) is 0 Å². The first-order valence-electron chi connectivity index (χ1n) is 5.39. The van der Waals surface area contributed by atoms with Crippen LogP contribution in [-0.4, -0.2) is 26.2 Å². The van der Waals surface area contributed by atoms with Crippen LogP contribution in [0, 0.1) is 0 Å². The predicted molar refractivity (Wildman–Crippen MR) is 75.1 cm³/mol. The Morgan fingerprint density at radius 3 is 2.50 bits per heavy atom. The lowest BCUT2D eigenvalue weighted by molar-refractivity contribution is 0.0692. The van der Waals surface area contributed by atoms with Crippen molar-refractivity contribution in [3.05, 3.63) is 38.1 Å². The quantitative estimate of drug-likeness (QED) is 0.554. The van der Waals surface area contributed by atoms with Crippen molar-refractivity contribution >= 4 is 51.1 Å². The minimum atomic E-state index is -1.52. The van der Waals surface area contributed by atoms with E-state index in [4.69, 9.17) is 28.3 Å². The van der Waals surface area contributed by atoms with Crippen molar-refractivity contribution in [2.45, 2.75) is 0 Å². The van der Waals surface area contributed by atoms with Crippen LogP contribution in [0.15, 0.2) is 16.9 Å². The van der Waals surface area contributed by atoms with Crippen molar-refractivity contribution in [1.82, 2.24) is 9.97 Å². The van der Waals surface area contributed by atoms with E-state index in [9.17, 15) is 14.7 Å². The minimum Gasteiger partial charge on any atom is -0.505 e. The van der Waals surface area contributed by atoms with Crippen molar-refractivity contribution in [1.29, 1.82) is 0 Å². The Kier molecular flexibility index (Phi) is 2.67. The number of hydrogen-bond donors (Lipinski definition) is 4. The van der Waals surface area contributed by atoms with Crippen LogP contribution in [0.1, 0.15) is 10.4 Å². The van der Waals surface area contributed by atoms with Gasteiger partial charge in [0.25, 0.3) is 5.56 Å². The molecule has 102 valence electrons. The molecule has 6 nitrogen and oxygen atoms in total. The molecule has 0 spiro atoms. The summed E-state index contributed by atoms with van der Waals surface area (Å²) in [6.07, 6.45) is 0. The maximum atomic E-state index is 11.7. The van der Waals surface area contributed by atoms with Gasteiger partial charge in [-0.05, 0) is 12.1 Å². The lowest BCUT2D eigenvalue weighted by Crippen LogP contribution is -2.17. The van der Waals surface area contributed by atoms with Gasteiger partial charge in [0, 0.05) is 10.4 Å². The number of H-pyrrole nitrogens is 2. The number of aromatic carboxylic acids is 1. The van der Waals surface area contributed by atoms with Gasteiger partial charge >= 0.3 is 5.97 Å². The van der Waals surface area contributed by atoms with Gasteiger partial charge in [0.15, 0.2) is 11.3 Å². The summed E-state index contributed by atoms with van der Waals surface area (Å²) in [5, 5.41) is 20.0. The monoisotopic (exact) mass is 312 g/mol. The van der Waals surface area contributed by atoms with Gasteiger partial charge in [-0.25, -0.2) is 4.79 Å². The van der Waals surface area contributed by atoms with Crippen molar-refractivity contribution in [2.24, 2.45) is 0 Å². The van der Waals surface area contributed by atoms with Crippen molar-refractivity contribution in [3.63, 3.8) is 0 Å². The molecule has 0 atom stereocenters. The number of aromatic hydroxyl groups is 1. The number of carbonyl (C=O) groups is 1. The molecule has 0 saturated heterocycles. The summed E-state index contributed by atoms with van der Waals surface area (Å²) in [5.74, 6) is -2.16. The Labute approximate surface area is 120 Å². The first kappa shape index (κ1) is 12.8. The molecule has 0 bridgehead atoms. The summed E-state index contributed by atoms with van der Waals surface area (Å²) in [6, 6.07) is 3.04. The Morgan fingerprint density at radius 2 is 1.85 bits per heavy atom. The second kappa shape index (κ2) is 4.16. The highest BCUT2D eigenvalue weighted by atomic mass is 35.5. The molecule has 0 aliphatic rings. The summed E-state index contributed by atoms with van der Waals surface area (Å²) in [5.41, 5.74) is -0.845. The molecule has 0 aliphatic carbocycles. The average molecular weight is 313 g/mol. The van der Waals surface area contributed by atoms with Crippen LogP contribution < -0.4 is 5.56 Å². The highest BCUT2D eigenvalue weighted by Crippen LogP contribution is 2.36. The molecule has 2 heterocycles. The smallest absolute Gasteiger partial charge is 0.345 e. The molecular weight excluding hydrogens is 307 g/mol. The van der Waals surface area contributed by atoms with Gasteiger partial charge in [0.05, 0.1) is 16.1 Å². The molecule has 0 radical (unpaired) electrons. The van der Waals surface area contributed by atoms with E-state index in [1.54, 1.807) is 6.07 Å². The van der Waals surface area contributed by atoms with Gasteiger partial charge < -0.3 is 20.2 Å². The topological polar surface area (TPSA) is 106 Å². The number of halogens is 2. The molecule has 1 aromatic carbocycles. The van der Waals surface area contributed by atoms with Crippen LogP contribution >= 0.6 is 23.2 Å². The van der Waals surface area contributed by atoms with Crippen LogP contribution in [-0.2, 0) is 0 Å². The number of aromatic nitrogens is 2. The van der Waals surface area contributed by atoms with E-state index in [1.807, 2.05) is 0 Å². The SMILES string of the molecule is O=C(O)c1c(O)c2[nH]c3cc(Cl)cc(Cl)c3c2[nH]c1=O. The molecule has 0 fully saturated rings. The molecule has 0 saturated carbocycles.